The van der Waals surface area contributed by atoms with E-state index in [1.54, 1.807) is 4.68 Å². The summed E-state index contributed by atoms with van der Waals surface area (Å²) in [5.41, 5.74) is 3.86. The molecular formula is C23H26N4O. The molecule has 5 nitrogen and oxygen atoms in total. The molecule has 3 aromatic rings. The van der Waals surface area contributed by atoms with Gasteiger partial charge in [-0.3, -0.25) is 4.79 Å². The van der Waals surface area contributed by atoms with Crippen molar-refractivity contribution >= 4 is 5.91 Å². The van der Waals surface area contributed by atoms with Crippen LogP contribution in [0, 0.1) is 0 Å². The van der Waals surface area contributed by atoms with Crippen molar-refractivity contribution in [2.45, 2.75) is 39.3 Å². The molecule has 2 aromatic carbocycles. The van der Waals surface area contributed by atoms with Gasteiger partial charge in [0.15, 0.2) is 0 Å². The summed E-state index contributed by atoms with van der Waals surface area (Å²) in [6.45, 7) is 10.4. The molecule has 0 aliphatic rings. The van der Waals surface area contributed by atoms with E-state index >= 15 is 0 Å². The molecule has 0 bridgehead atoms. The monoisotopic (exact) mass is 374 g/mol. The van der Waals surface area contributed by atoms with E-state index in [2.05, 4.69) is 22.2 Å². The Hall–Kier alpha value is -3.21. The maximum atomic E-state index is 12.9. The zero-order chi connectivity index (χ0) is 20.1. The molecule has 0 saturated heterocycles. The summed E-state index contributed by atoms with van der Waals surface area (Å²) >= 11 is 0. The van der Waals surface area contributed by atoms with Crippen molar-refractivity contribution in [1.82, 2.24) is 20.3 Å². The molecule has 0 spiro atoms. The molecule has 0 aliphatic heterocycles. The number of benzene rings is 2. The van der Waals surface area contributed by atoms with Gasteiger partial charge in [-0.1, -0.05) is 65.9 Å². The third-order valence-electron chi connectivity index (χ3n) is 4.55. The van der Waals surface area contributed by atoms with Crippen LogP contribution in [0.2, 0.25) is 0 Å². The van der Waals surface area contributed by atoms with Gasteiger partial charge in [0.05, 0.1) is 18.3 Å². The minimum absolute atomic E-state index is 0.126. The van der Waals surface area contributed by atoms with Crippen molar-refractivity contribution in [3.05, 3.63) is 95.3 Å². The van der Waals surface area contributed by atoms with Gasteiger partial charge in [-0.05, 0) is 44.4 Å². The molecule has 1 heterocycles. The molecule has 144 valence electrons. The van der Waals surface area contributed by atoms with Crippen molar-refractivity contribution in [2.24, 2.45) is 0 Å². The van der Waals surface area contributed by atoms with Gasteiger partial charge >= 0.3 is 0 Å². The lowest BCUT2D eigenvalue weighted by atomic mass is 9.97. The summed E-state index contributed by atoms with van der Waals surface area (Å²) in [6.07, 6.45) is 2.56. The van der Waals surface area contributed by atoms with Gasteiger partial charge < -0.3 is 5.32 Å². The normalized spacial score (nSPS) is 11.2. The standard InChI is InChI=1S/C23H26N4O/c1-17(2)14-19-12-8-9-13-20(19)22(28)24-23(3,4)21-16-27(26-25-21)15-18-10-6-5-7-11-18/h5-13,16H,1,14-15H2,2-4H3,(H,24,28). The molecule has 0 fully saturated rings. The molecule has 3 rings (SSSR count). The fourth-order valence-electron chi connectivity index (χ4n) is 3.07. The Morgan fingerprint density at radius 2 is 1.79 bits per heavy atom. The van der Waals surface area contributed by atoms with E-state index in [9.17, 15) is 4.79 Å². The minimum atomic E-state index is -0.650. The van der Waals surface area contributed by atoms with E-state index in [4.69, 9.17) is 0 Å². The molecule has 0 atom stereocenters. The number of hydrogen-bond acceptors (Lipinski definition) is 3. The Balaban J connectivity index is 1.75. The quantitative estimate of drug-likeness (QED) is 0.633. The lowest BCUT2D eigenvalue weighted by molar-refractivity contribution is 0.0909. The molecule has 0 radical (unpaired) electrons. The van der Waals surface area contributed by atoms with E-state index in [0.717, 1.165) is 16.7 Å². The van der Waals surface area contributed by atoms with Gasteiger partial charge in [-0.2, -0.15) is 0 Å². The number of amides is 1. The zero-order valence-electron chi connectivity index (χ0n) is 16.6. The van der Waals surface area contributed by atoms with Crippen LogP contribution >= 0.6 is 0 Å². The Morgan fingerprint density at radius 3 is 2.50 bits per heavy atom. The van der Waals surface area contributed by atoms with E-state index in [-0.39, 0.29) is 5.91 Å². The number of nitrogens with zero attached hydrogens (tertiary/aromatic N) is 3. The van der Waals surface area contributed by atoms with Crippen LogP contribution < -0.4 is 5.32 Å². The molecule has 0 aliphatic carbocycles. The molecule has 0 saturated carbocycles. The SMILES string of the molecule is C=C(C)Cc1ccccc1C(=O)NC(C)(C)c1cn(Cc2ccccc2)nn1. The fourth-order valence-corrected chi connectivity index (χ4v) is 3.07. The van der Waals surface area contributed by atoms with Crippen molar-refractivity contribution in [1.29, 1.82) is 0 Å². The number of carbonyl (C=O) groups excluding carboxylic acids is 1. The molecule has 1 N–H and O–H groups in total. The Morgan fingerprint density at radius 1 is 1.11 bits per heavy atom. The first-order chi connectivity index (χ1) is 13.3. The largest absolute Gasteiger partial charge is 0.341 e. The minimum Gasteiger partial charge on any atom is -0.341 e. The van der Waals surface area contributed by atoms with E-state index in [0.29, 0.717) is 24.2 Å². The van der Waals surface area contributed by atoms with Crippen LogP contribution in [0.4, 0.5) is 0 Å². The number of aromatic nitrogens is 3. The molecule has 0 unspecified atom stereocenters. The first kappa shape index (κ1) is 19.5. The second-order valence-corrected chi connectivity index (χ2v) is 7.66. The Labute approximate surface area is 166 Å². The summed E-state index contributed by atoms with van der Waals surface area (Å²) in [5, 5.41) is 11.6. The number of rotatable bonds is 7. The van der Waals surface area contributed by atoms with Crippen LogP contribution in [0.3, 0.4) is 0 Å². The van der Waals surface area contributed by atoms with Crippen LogP contribution in [0.1, 0.15) is 48.0 Å². The predicted molar refractivity (Wildman–Crippen MR) is 111 cm³/mol. The lowest BCUT2D eigenvalue weighted by Gasteiger charge is -2.24. The third kappa shape index (κ3) is 4.74. The van der Waals surface area contributed by atoms with E-state index in [1.807, 2.05) is 81.6 Å². The van der Waals surface area contributed by atoms with E-state index < -0.39 is 5.54 Å². The van der Waals surface area contributed by atoms with Gasteiger partial charge in [0.2, 0.25) is 0 Å². The number of allylic oxidation sites excluding steroid dienone is 1. The highest BCUT2D eigenvalue weighted by molar-refractivity contribution is 5.96. The highest BCUT2D eigenvalue weighted by atomic mass is 16.1. The smallest absolute Gasteiger partial charge is 0.252 e. The van der Waals surface area contributed by atoms with Crippen LogP contribution in [0.15, 0.2) is 72.9 Å². The summed E-state index contributed by atoms with van der Waals surface area (Å²) in [6, 6.07) is 17.7. The predicted octanol–water partition coefficient (Wildman–Crippen LogP) is 4.11. The van der Waals surface area contributed by atoms with Gasteiger partial charge in [0.1, 0.15) is 5.69 Å². The van der Waals surface area contributed by atoms with Crippen molar-refractivity contribution in [2.75, 3.05) is 0 Å². The number of hydrogen-bond donors (Lipinski definition) is 1. The first-order valence-electron chi connectivity index (χ1n) is 9.34. The summed E-state index contributed by atoms with van der Waals surface area (Å²) in [5.74, 6) is -0.126. The van der Waals surface area contributed by atoms with Gasteiger partial charge in [-0.25, -0.2) is 4.68 Å². The van der Waals surface area contributed by atoms with Gasteiger partial charge in [-0.15, -0.1) is 5.10 Å². The van der Waals surface area contributed by atoms with Crippen molar-refractivity contribution in [3.63, 3.8) is 0 Å². The molecule has 1 amide bonds. The van der Waals surface area contributed by atoms with Gasteiger partial charge in [0, 0.05) is 5.56 Å². The lowest BCUT2D eigenvalue weighted by Crippen LogP contribution is -2.41. The Bertz CT molecular complexity index is 973. The Kier molecular flexibility index (Phi) is 5.73. The summed E-state index contributed by atoms with van der Waals surface area (Å²) < 4.78 is 1.79. The van der Waals surface area contributed by atoms with Crippen LogP contribution in [-0.2, 0) is 18.5 Å². The second kappa shape index (κ2) is 8.21. The second-order valence-electron chi connectivity index (χ2n) is 7.66. The highest BCUT2D eigenvalue weighted by Crippen LogP contribution is 2.20. The summed E-state index contributed by atoms with van der Waals surface area (Å²) in [4.78, 5) is 12.9. The maximum Gasteiger partial charge on any atom is 0.252 e. The molecular weight excluding hydrogens is 348 g/mol. The molecule has 1 aromatic heterocycles. The summed E-state index contributed by atoms with van der Waals surface area (Å²) in [7, 11) is 0. The topological polar surface area (TPSA) is 59.8 Å². The number of nitrogens with one attached hydrogen (secondary N) is 1. The average Bonchev–Trinajstić information content (AvgIpc) is 3.11. The highest BCUT2D eigenvalue weighted by Gasteiger charge is 2.27. The maximum absolute atomic E-state index is 12.9. The molecule has 28 heavy (non-hydrogen) atoms. The first-order valence-corrected chi connectivity index (χ1v) is 9.34. The molecule has 5 heteroatoms. The van der Waals surface area contributed by atoms with Crippen molar-refractivity contribution in [3.8, 4) is 0 Å². The average molecular weight is 374 g/mol. The van der Waals surface area contributed by atoms with Crippen LogP contribution in [-0.4, -0.2) is 20.9 Å². The van der Waals surface area contributed by atoms with E-state index in [1.165, 1.54) is 0 Å². The van der Waals surface area contributed by atoms with Crippen LogP contribution in [0.25, 0.3) is 0 Å². The zero-order valence-corrected chi connectivity index (χ0v) is 16.6. The van der Waals surface area contributed by atoms with Gasteiger partial charge in [0.25, 0.3) is 5.91 Å². The van der Waals surface area contributed by atoms with Crippen molar-refractivity contribution < 1.29 is 4.79 Å². The fraction of sp³-hybridized carbons (Fsp3) is 0.261. The van der Waals surface area contributed by atoms with Crippen LogP contribution in [0.5, 0.6) is 0 Å². The number of carbonyl (C=O) groups is 1. The third-order valence-corrected chi connectivity index (χ3v) is 4.55.